The molecule has 1 heterocycles. The van der Waals surface area contributed by atoms with Gasteiger partial charge in [-0.05, 0) is 44.0 Å². The van der Waals surface area contributed by atoms with Crippen molar-refractivity contribution in [3.05, 3.63) is 50.4 Å². The van der Waals surface area contributed by atoms with E-state index in [2.05, 4.69) is 20.5 Å². The summed E-state index contributed by atoms with van der Waals surface area (Å²) in [5.41, 5.74) is 4.57. The summed E-state index contributed by atoms with van der Waals surface area (Å²) in [5.74, 6) is 0.946. The first-order chi connectivity index (χ1) is 11.0. The van der Waals surface area contributed by atoms with Crippen LogP contribution in [0.4, 0.5) is 5.95 Å². The van der Waals surface area contributed by atoms with E-state index in [-0.39, 0.29) is 5.56 Å². The van der Waals surface area contributed by atoms with Gasteiger partial charge in [-0.15, -0.1) is 0 Å². The van der Waals surface area contributed by atoms with E-state index in [0.717, 1.165) is 12.0 Å². The molecule has 0 saturated heterocycles. The Morgan fingerprint density at radius 1 is 1.43 bits per heavy atom. The monoisotopic (exact) mass is 334 g/mol. The lowest BCUT2D eigenvalue weighted by molar-refractivity contribution is 0.317. The fourth-order valence-corrected chi connectivity index (χ4v) is 2.04. The highest BCUT2D eigenvalue weighted by molar-refractivity contribution is 6.32. The quantitative estimate of drug-likeness (QED) is 0.627. The molecule has 0 aliphatic heterocycles. The van der Waals surface area contributed by atoms with Gasteiger partial charge in [0.05, 0.1) is 17.8 Å². The maximum atomic E-state index is 11.6. The molecule has 0 bridgehead atoms. The second kappa shape index (κ2) is 7.78. The zero-order chi connectivity index (χ0) is 16.8. The molecule has 1 aromatic carbocycles. The smallest absolute Gasteiger partial charge is 0.255 e. The summed E-state index contributed by atoms with van der Waals surface area (Å²) in [7, 11) is 0. The minimum absolute atomic E-state index is 0.185. The average molecular weight is 335 g/mol. The molecule has 2 N–H and O–H groups in total. The van der Waals surface area contributed by atoms with Crippen LogP contribution in [0.5, 0.6) is 5.75 Å². The highest BCUT2D eigenvalue weighted by Gasteiger charge is 2.03. The van der Waals surface area contributed by atoms with Crippen LogP contribution < -0.4 is 15.7 Å². The van der Waals surface area contributed by atoms with Gasteiger partial charge >= 0.3 is 0 Å². The molecule has 1 aromatic heterocycles. The minimum atomic E-state index is -0.185. The summed E-state index contributed by atoms with van der Waals surface area (Å²) in [6.45, 7) is 6.15. The summed E-state index contributed by atoms with van der Waals surface area (Å²) in [6.07, 6.45) is 2.51. The zero-order valence-electron chi connectivity index (χ0n) is 13.3. The highest BCUT2D eigenvalue weighted by atomic mass is 35.5. The van der Waals surface area contributed by atoms with Gasteiger partial charge in [0, 0.05) is 11.3 Å². The fraction of sp³-hybridized carbons (Fsp3) is 0.312. The maximum absolute atomic E-state index is 11.6. The standard InChI is InChI=1S/C16H19ClN4O2/c1-4-7-23-14-6-5-12(8-13(14)17)9-18-21-16-19-11(3)10(2)15(22)20-16/h5-6,8-9H,4,7H2,1-3H3,(H2,19,20,21,22)/b18-9-. The Hall–Kier alpha value is -2.34. The number of hydrogen-bond donors (Lipinski definition) is 2. The van der Waals surface area contributed by atoms with Crippen LogP contribution in [0.25, 0.3) is 0 Å². The topological polar surface area (TPSA) is 79.4 Å². The zero-order valence-corrected chi connectivity index (χ0v) is 14.1. The molecule has 0 atom stereocenters. The molecule has 2 rings (SSSR count). The molecule has 0 fully saturated rings. The van der Waals surface area contributed by atoms with Crippen LogP contribution in [0.1, 0.15) is 30.2 Å². The normalized spacial score (nSPS) is 11.0. The molecule has 7 heteroatoms. The number of aryl methyl sites for hydroxylation is 1. The number of anilines is 1. The van der Waals surface area contributed by atoms with E-state index >= 15 is 0 Å². The van der Waals surface area contributed by atoms with Crippen LogP contribution in [0.2, 0.25) is 5.02 Å². The number of rotatable bonds is 6. The van der Waals surface area contributed by atoms with E-state index in [1.807, 2.05) is 13.0 Å². The second-order valence-electron chi connectivity index (χ2n) is 5.03. The van der Waals surface area contributed by atoms with Crippen LogP contribution in [0.3, 0.4) is 0 Å². The van der Waals surface area contributed by atoms with Crippen LogP contribution in [0, 0.1) is 13.8 Å². The van der Waals surface area contributed by atoms with Crippen LogP contribution in [-0.4, -0.2) is 22.8 Å². The van der Waals surface area contributed by atoms with Crippen molar-refractivity contribution in [2.75, 3.05) is 12.0 Å². The number of nitrogens with one attached hydrogen (secondary N) is 2. The van der Waals surface area contributed by atoms with Crippen molar-refractivity contribution in [1.82, 2.24) is 9.97 Å². The number of H-pyrrole nitrogens is 1. The molecule has 0 saturated carbocycles. The van der Waals surface area contributed by atoms with Gasteiger partial charge in [0.15, 0.2) is 0 Å². The van der Waals surface area contributed by atoms with E-state index < -0.39 is 0 Å². The molecule has 0 aliphatic carbocycles. The number of halogens is 1. The molecule has 0 unspecified atom stereocenters. The third-order valence-corrected chi connectivity index (χ3v) is 3.49. The Kier molecular flexibility index (Phi) is 5.76. The van der Waals surface area contributed by atoms with Gasteiger partial charge in [0.2, 0.25) is 5.95 Å². The molecule has 2 aromatic rings. The van der Waals surface area contributed by atoms with Gasteiger partial charge in [0.25, 0.3) is 5.56 Å². The Morgan fingerprint density at radius 3 is 2.87 bits per heavy atom. The van der Waals surface area contributed by atoms with Gasteiger partial charge in [-0.1, -0.05) is 18.5 Å². The highest BCUT2D eigenvalue weighted by Crippen LogP contribution is 2.25. The predicted molar refractivity (Wildman–Crippen MR) is 92.8 cm³/mol. The summed E-state index contributed by atoms with van der Waals surface area (Å²) < 4.78 is 5.51. The molecule has 0 aliphatic rings. The summed E-state index contributed by atoms with van der Waals surface area (Å²) in [4.78, 5) is 18.5. The lowest BCUT2D eigenvalue weighted by Crippen LogP contribution is -2.15. The number of ether oxygens (including phenoxy) is 1. The van der Waals surface area contributed by atoms with Crippen molar-refractivity contribution in [1.29, 1.82) is 0 Å². The number of aromatic amines is 1. The summed E-state index contributed by atoms with van der Waals surface area (Å²) in [6, 6.07) is 5.41. The first-order valence-electron chi connectivity index (χ1n) is 7.30. The lowest BCUT2D eigenvalue weighted by Gasteiger charge is -2.07. The third-order valence-electron chi connectivity index (χ3n) is 3.20. The fourth-order valence-electron chi connectivity index (χ4n) is 1.79. The van der Waals surface area contributed by atoms with E-state index in [1.54, 1.807) is 32.2 Å². The lowest BCUT2D eigenvalue weighted by atomic mass is 10.2. The van der Waals surface area contributed by atoms with E-state index in [4.69, 9.17) is 16.3 Å². The van der Waals surface area contributed by atoms with Gasteiger partial charge in [-0.25, -0.2) is 10.4 Å². The van der Waals surface area contributed by atoms with E-state index in [0.29, 0.717) is 34.6 Å². The third kappa shape index (κ3) is 4.56. The van der Waals surface area contributed by atoms with E-state index in [9.17, 15) is 4.79 Å². The largest absolute Gasteiger partial charge is 0.492 e. The number of hydrazone groups is 1. The van der Waals surface area contributed by atoms with Crippen LogP contribution in [-0.2, 0) is 0 Å². The van der Waals surface area contributed by atoms with Crippen molar-refractivity contribution >= 4 is 23.8 Å². The van der Waals surface area contributed by atoms with E-state index in [1.165, 1.54) is 0 Å². The minimum Gasteiger partial charge on any atom is -0.492 e. The van der Waals surface area contributed by atoms with Gasteiger partial charge in [-0.2, -0.15) is 5.10 Å². The number of hydrogen-bond acceptors (Lipinski definition) is 5. The number of benzene rings is 1. The molecule has 0 spiro atoms. The summed E-state index contributed by atoms with van der Waals surface area (Å²) in [5, 5.41) is 4.58. The van der Waals surface area contributed by atoms with Gasteiger partial charge < -0.3 is 4.74 Å². The van der Waals surface area contributed by atoms with Gasteiger partial charge in [0.1, 0.15) is 5.75 Å². The molecule has 23 heavy (non-hydrogen) atoms. The number of aromatic nitrogens is 2. The molecular formula is C16H19ClN4O2. The molecular weight excluding hydrogens is 316 g/mol. The Morgan fingerprint density at radius 2 is 2.22 bits per heavy atom. The Bertz CT molecular complexity index is 771. The SMILES string of the molecule is CCCOc1ccc(/C=N\Nc2nc(C)c(C)c(=O)[nH]2)cc1Cl. The Labute approximate surface area is 139 Å². The molecule has 122 valence electrons. The second-order valence-corrected chi connectivity index (χ2v) is 5.44. The van der Waals surface area contributed by atoms with Crippen molar-refractivity contribution in [2.45, 2.75) is 27.2 Å². The molecule has 0 amide bonds. The Balaban J connectivity index is 2.06. The average Bonchev–Trinajstić information content (AvgIpc) is 2.52. The summed E-state index contributed by atoms with van der Waals surface area (Å²) >= 11 is 6.15. The van der Waals surface area contributed by atoms with Gasteiger partial charge in [-0.3, -0.25) is 9.78 Å². The van der Waals surface area contributed by atoms with Crippen molar-refractivity contribution in [3.8, 4) is 5.75 Å². The predicted octanol–water partition coefficient (Wildman–Crippen LogP) is 3.27. The van der Waals surface area contributed by atoms with Crippen molar-refractivity contribution in [3.63, 3.8) is 0 Å². The first kappa shape index (κ1) is 17.0. The maximum Gasteiger partial charge on any atom is 0.255 e. The molecule has 6 nitrogen and oxygen atoms in total. The number of nitrogens with zero attached hydrogens (tertiary/aromatic N) is 2. The molecule has 0 radical (unpaired) electrons. The van der Waals surface area contributed by atoms with Crippen LogP contribution >= 0.6 is 11.6 Å². The first-order valence-corrected chi connectivity index (χ1v) is 7.68. The van der Waals surface area contributed by atoms with Crippen molar-refractivity contribution in [2.24, 2.45) is 5.10 Å². The van der Waals surface area contributed by atoms with Crippen molar-refractivity contribution < 1.29 is 4.74 Å². The van der Waals surface area contributed by atoms with Crippen LogP contribution in [0.15, 0.2) is 28.1 Å².